The zero-order valence-corrected chi connectivity index (χ0v) is 16.3. The number of thioether (sulfide) groups is 1. The molecule has 2 heterocycles. The quantitative estimate of drug-likeness (QED) is 0.714. The molecule has 1 amide bonds. The Morgan fingerprint density at radius 2 is 2.07 bits per heavy atom. The minimum atomic E-state index is 0.0825. The summed E-state index contributed by atoms with van der Waals surface area (Å²) in [5, 5.41) is 3.03. The molecule has 1 fully saturated rings. The van der Waals surface area contributed by atoms with E-state index in [0.717, 1.165) is 28.0 Å². The van der Waals surface area contributed by atoms with Crippen LogP contribution < -0.4 is 5.32 Å². The maximum atomic E-state index is 12.2. The van der Waals surface area contributed by atoms with E-state index in [-0.39, 0.29) is 5.91 Å². The van der Waals surface area contributed by atoms with Crippen LogP contribution in [-0.4, -0.2) is 51.5 Å². The number of amides is 1. The van der Waals surface area contributed by atoms with Crippen molar-refractivity contribution in [1.29, 1.82) is 0 Å². The normalized spacial score (nSPS) is 16.9. The summed E-state index contributed by atoms with van der Waals surface area (Å²) in [4.78, 5) is 18.8. The van der Waals surface area contributed by atoms with Crippen LogP contribution in [0.25, 0.3) is 16.7 Å². The molecule has 1 unspecified atom stereocenters. The highest BCUT2D eigenvalue weighted by atomic mass is 32.2. The molecule has 1 atom stereocenters. The van der Waals surface area contributed by atoms with Crippen LogP contribution in [0, 0.1) is 0 Å². The van der Waals surface area contributed by atoms with Gasteiger partial charge in [-0.15, -0.1) is 0 Å². The minimum absolute atomic E-state index is 0.0825. The fraction of sp³-hybridized carbons (Fsp3) is 0.333. The molecule has 3 aromatic rings. The Morgan fingerprint density at radius 1 is 1.26 bits per heavy atom. The summed E-state index contributed by atoms with van der Waals surface area (Å²) in [6, 6.07) is 16.9. The van der Waals surface area contributed by atoms with E-state index in [4.69, 9.17) is 0 Å². The van der Waals surface area contributed by atoms with Crippen LogP contribution in [0.3, 0.4) is 0 Å². The number of nitrogens with zero attached hydrogens (tertiary/aromatic N) is 3. The molecule has 27 heavy (non-hydrogen) atoms. The number of imidazole rings is 1. The smallest absolute Gasteiger partial charge is 0.234 e. The van der Waals surface area contributed by atoms with Crippen molar-refractivity contribution in [3.63, 3.8) is 0 Å². The van der Waals surface area contributed by atoms with Crippen molar-refractivity contribution in [3.8, 4) is 5.69 Å². The van der Waals surface area contributed by atoms with E-state index in [0.29, 0.717) is 19.1 Å². The zero-order valence-electron chi connectivity index (χ0n) is 15.5. The van der Waals surface area contributed by atoms with Gasteiger partial charge in [-0.3, -0.25) is 14.3 Å². The summed E-state index contributed by atoms with van der Waals surface area (Å²) in [6.45, 7) is 1.02. The molecule has 6 heteroatoms. The monoisotopic (exact) mass is 380 g/mol. The largest absolute Gasteiger partial charge is 0.351 e. The zero-order chi connectivity index (χ0) is 18.6. The van der Waals surface area contributed by atoms with Gasteiger partial charge in [0.2, 0.25) is 5.91 Å². The molecular weight excluding hydrogens is 356 g/mol. The van der Waals surface area contributed by atoms with Gasteiger partial charge >= 0.3 is 0 Å². The second-order valence-electron chi connectivity index (χ2n) is 6.98. The van der Waals surface area contributed by atoms with Crippen LogP contribution in [0.5, 0.6) is 0 Å². The van der Waals surface area contributed by atoms with Crippen LogP contribution in [-0.2, 0) is 11.3 Å². The lowest BCUT2D eigenvalue weighted by Gasteiger charge is -2.22. The highest BCUT2D eigenvalue weighted by molar-refractivity contribution is 7.99. The van der Waals surface area contributed by atoms with E-state index in [1.165, 1.54) is 12.2 Å². The van der Waals surface area contributed by atoms with E-state index in [2.05, 4.69) is 50.1 Å². The van der Waals surface area contributed by atoms with Gasteiger partial charge in [0.05, 0.1) is 17.6 Å². The number of carbonyl (C=O) groups is 1. The first-order chi connectivity index (χ1) is 13.2. The first-order valence-corrected chi connectivity index (χ1v) is 10.4. The average molecular weight is 381 g/mol. The van der Waals surface area contributed by atoms with E-state index in [1.807, 2.05) is 43.3 Å². The number of aromatic nitrogens is 2. The van der Waals surface area contributed by atoms with Crippen molar-refractivity contribution in [2.45, 2.75) is 19.0 Å². The Labute approximate surface area is 163 Å². The molecule has 0 radical (unpaired) electrons. The summed E-state index contributed by atoms with van der Waals surface area (Å²) >= 11 is 1.97. The van der Waals surface area contributed by atoms with Crippen LogP contribution >= 0.6 is 11.8 Å². The van der Waals surface area contributed by atoms with Crippen molar-refractivity contribution >= 4 is 28.7 Å². The third-order valence-electron chi connectivity index (χ3n) is 5.08. The first kappa shape index (κ1) is 18.1. The summed E-state index contributed by atoms with van der Waals surface area (Å²) in [7, 11) is 2.04. The van der Waals surface area contributed by atoms with Gasteiger partial charge in [0.25, 0.3) is 0 Å². The fourth-order valence-electron chi connectivity index (χ4n) is 3.42. The molecule has 140 valence electrons. The molecule has 0 aliphatic carbocycles. The van der Waals surface area contributed by atoms with Crippen LogP contribution in [0.15, 0.2) is 54.9 Å². The standard InChI is InChI=1S/C21H24N4OS/c1-24(18-10-11-27-14-18)13-21(26)22-12-16-6-8-17(9-7-16)25-15-23-19-4-2-3-5-20(19)25/h2-9,15,18H,10-14H2,1H3,(H,22,26). The molecular formula is C21H24N4OS. The van der Waals surface area contributed by atoms with Crippen molar-refractivity contribution in [3.05, 3.63) is 60.4 Å². The predicted molar refractivity (Wildman–Crippen MR) is 111 cm³/mol. The summed E-state index contributed by atoms with van der Waals surface area (Å²) in [5.41, 5.74) is 4.23. The average Bonchev–Trinajstić information content (AvgIpc) is 3.37. The number of benzene rings is 2. The van der Waals surface area contributed by atoms with E-state index < -0.39 is 0 Å². The Hall–Kier alpha value is -2.31. The van der Waals surface area contributed by atoms with Gasteiger partial charge in [-0.2, -0.15) is 11.8 Å². The van der Waals surface area contributed by atoms with E-state index in [9.17, 15) is 4.79 Å². The molecule has 1 N–H and O–H groups in total. The van der Waals surface area contributed by atoms with Crippen molar-refractivity contribution in [2.75, 3.05) is 25.1 Å². The van der Waals surface area contributed by atoms with Gasteiger partial charge < -0.3 is 5.32 Å². The number of hydrogen-bond acceptors (Lipinski definition) is 4. The summed E-state index contributed by atoms with van der Waals surface area (Å²) < 4.78 is 2.08. The number of rotatable bonds is 6. The molecule has 1 aliphatic rings. The maximum absolute atomic E-state index is 12.2. The summed E-state index contributed by atoms with van der Waals surface area (Å²) in [5.74, 6) is 2.42. The molecule has 0 spiro atoms. The summed E-state index contributed by atoms with van der Waals surface area (Å²) in [6.07, 6.45) is 3.03. The van der Waals surface area contributed by atoms with Gasteiger partial charge in [0.1, 0.15) is 6.33 Å². The van der Waals surface area contributed by atoms with Gasteiger partial charge in [-0.05, 0) is 49.1 Å². The SMILES string of the molecule is CN(CC(=O)NCc1ccc(-n2cnc3ccccc32)cc1)C1CCSC1. The number of para-hydroxylation sites is 2. The number of carbonyl (C=O) groups excluding carboxylic acids is 1. The Balaban J connectivity index is 1.34. The van der Waals surface area contributed by atoms with Gasteiger partial charge in [0.15, 0.2) is 0 Å². The lowest BCUT2D eigenvalue weighted by atomic mass is 10.2. The minimum Gasteiger partial charge on any atom is -0.351 e. The molecule has 0 bridgehead atoms. The third kappa shape index (κ3) is 4.17. The lowest BCUT2D eigenvalue weighted by Crippen LogP contribution is -2.40. The molecule has 1 aromatic heterocycles. The Kier molecular flexibility index (Phi) is 5.45. The number of fused-ring (bicyclic) bond motifs is 1. The lowest BCUT2D eigenvalue weighted by molar-refractivity contribution is -0.122. The van der Waals surface area contributed by atoms with E-state index >= 15 is 0 Å². The second kappa shape index (κ2) is 8.15. The molecule has 1 aliphatic heterocycles. The molecule has 1 saturated heterocycles. The number of hydrogen-bond donors (Lipinski definition) is 1. The third-order valence-corrected chi connectivity index (χ3v) is 6.22. The van der Waals surface area contributed by atoms with Crippen LogP contribution in [0.1, 0.15) is 12.0 Å². The number of likely N-dealkylation sites (N-methyl/N-ethyl adjacent to an activating group) is 1. The second-order valence-corrected chi connectivity index (χ2v) is 8.13. The van der Waals surface area contributed by atoms with Gasteiger partial charge in [-0.25, -0.2) is 4.98 Å². The van der Waals surface area contributed by atoms with Crippen molar-refractivity contribution in [1.82, 2.24) is 19.8 Å². The molecule has 4 rings (SSSR count). The molecule has 0 saturated carbocycles. The molecule has 2 aromatic carbocycles. The number of nitrogens with one attached hydrogen (secondary N) is 1. The van der Waals surface area contributed by atoms with E-state index in [1.54, 1.807) is 0 Å². The highest BCUT2D eigenvalue weighted by Gasteiger charge is 2.21. The predicted octanol–water partition coefficient (Wildman–Crippen LogP) is 3.08. The fourth-order valence-corrected chi connectivity index (χ4v) is 4.72. The Bertz CT molecular complexity index is 915. The first-order valence-electron chi connectivity index (χ1n) is 9.27. The van der Waals surface area contributed by atoms with Gasteiger partial charge in [-0.1, -0.05) is 24.3 Å². The van der Waals surface area contributed by atoms with Crippen LogP contribution in [0.2, 0.25) is 0 Å². The Morgan fingerprint density at radius 3 is 2.85 bits per heavy atom. The van der Waals surface area contributed by atoms with Crippen LogP contribution in [0.4, 0.5) is 0 Å². The topological polar surface area (TPSA) is 50.2 Å². The highest BCUT2D eigenvalue weighted by Crippen LogP contribution is 2.21. The van der Waals surface area contributed by atoms with Crippen molar-refractivity contribution < 1.29 is 4.79 Å². The maximum Gasteiger partial charge on any atom is 0.234 e. The molecule has 5 nitrogen and oxygen atoms in total. The van der Waals surface area contributed by atoms with Gasteiger partial charge in [0, 0.05) is 24.0 Å². The van der Waals surface area contributed by atoms with Crippen molar-refractivity contribution in [2.24, 2.45) is 0 Å².